The van der Waals surface area contributed by atoms with Gasteiger partial charge in [0.25, 0.3) is 0 Å². The first kappa shape index (κ1) is 33.7. The molecule has 6 rings (SSSR count). The van der Waals surface area contributed by atoms with Gasteiger partial charge in [-0.1, -0.05) is 54.6 Å². The monoisotopic (exact) mass is 766 g/mol. The van der Waals surface area contributed by atoms with Gasteiger partial charge < -0.3 is 14.5 Å². The molecule has 1 aromatic carbocycles. The number of hydrogen-bond acceptors (Lipinski definition) is 8. The Labute approximate surface area is 292 Å². The van der Waals surface area contributed by atoms with Crippen LogP contribution in [0.3, 0.4) is 0 Å². The van der Waals surface area contributed by atoms with Gasteiger partial charge in [-0.3, -0.25) is 10.1 Å². The molecule has 5 aromatic rings. The van der Waals surface area contributed by atoms with Crippen LogP contribution in [-0.2, 0) is 11.2 Å². The van der Waals surface area contributed by atoms with Gasteiger partial charge >= 0.3 is 11.8 Å². The summed E-state index contributed by atoms with van der Waals surface area (Å²) in [5.41, 5.74) is 2.71. The fraction of sp³-hybridized carbons (Fsp3) is 0.429. The number of fused-ring (bicyclic) bond motifs is 2. The van der Waals surface area contributed by atoms with Gasteiger partial charge in [-0.25, -0.2) is 23.5 Å². The molecule has 0 saturated carbocycles. The first-order chi connectivity index (χ1) is 22.9. The number of nitrogens with zero attached hydrogens (tertiary/aromatic N) is 7. The van der Waals surface area contributed by atoms with Crippen LogP contribution >= 0.6 is 22.6 Å². The first-order valence-corrected chi connectivity index (χ1v) is 17.7. The molecule has 0 bridgehead atoms. The number of para-hydroxylation sites is 1. The number of aromatic nitrogens is 6. The molecule has 0 aliphatic carbocycles. The van der Waals surface area contributed by atoms with E-state index in [1.165, 1.54) is 10.6 Å². The Morgan fingerprint density at radius 2 is 1.98 bits per heavy atom. The molecule has 4 aromatic heterocycles. The summed E-state index contributed by atoms with van der Waals surface area (Å²) in [6.45, 7) is 12.6. The smallest absolute Gasteiger partial charge is 0.410 e. The number of amides is 1. The highest BCUT2D eigenvalue weighted by Crippen LogP contribution is 2.35. The van der Waals surface area contributed by atoms with E-state index in [1.54, 1.807) is 23.4 Å². The predicted molar refractivity (Wildman–Crippen MR) is 194 cm³/mol. The zero-order valence-corrected chi connectivity index (χ0v) is 30.2. The zero-order chi connectivity index (χ0) is 34.3. The summed E-state index contributed by atoms with van der Waals surface area (Å²) in [5.74, 6) is -0.247. The van der Waals surface area contributed by atoms with Gasteiger partial charge in [-0.15, -0.1) is 0 Å². The molecule has 5 heterocycles. The first-order valence-electron chi connectivity index (χ1n) is 16.2. The van der Waals surface area contributed by atoms with Crippen molar-refractivity contribution in [3.63, 3.8) is 0 Å². The quantitative estimate of drug-likeness (QED) is 0.142. The van der Waals surface area contributed by atoms with E-state index in [0.717, 1.165) is 33.9 Å². The fourth-order valence-electron chi connectivity index (χ4n) is 6.30. The maximum atomic E-state index is 16.4. The maximum absolute atomic E-state index is 16.4. The third-order valence-electron chi connectivity index (χ3n) is 8.47. The van der Waals surface area contributed by atoms with E-state index in [-0.39, 0.29) is 23.3 Å². The Hall–Kier alpha value is -4.14. The van der Waals surface area contributed by atoms with Crippen molar-refractivity contribution in [1.29, 1.82) is 0 Å². The van der Waals surface area contributed by atoms with Crippen LogP contribution in [0.5, 0.6) is 0 Å². The van der Waals surface area contributed by atoms with Crippen LogP contribution in [0.15, 0.2) is 47.5 Å². The predicted octanol–water partition coefficient (Wildman–Crippen LogP) is 6.79. The van der Waals surface area contributed by atoms with E-state index in [9.17, 15) is 9.59 Å². The topological polar surface area (TPSA) is 122 Å². The number of aryl methyl sites for hydroxylation is 1. The van der Waals surface area contributed by atoms with Crippen LogP contribution in [0.1, 0.15) is 65.1 Å². The number of alkyl halides is 1. The van der Waals surface area contributed by atoms with Gasteiger partial charge in [0.05, 0.1) is 28.5 Å². The molecule has 48 heavy (non-hydrogen) atoms. The molecule has 1 amide bonds. The number of ether oxygens (including phenoxy) is 1. The Balaban J connectivity index is 1.58. The second kappa shape index (κ2) is 13.4. The number of hydrogen-bond donors (Lipinski definition) is 1. The van der Waals surface area contributed by atoms with Crippen LogP contribution in [0, 0.1) is 5.82 Å². The summed E-state index contributed by atoms with van der Waals surface area (Å²) < 4.78 is 24.5. The van der Waals surface area contributed by atoms with E-state index in [0.29, 0.717) is 47.6 Å². The largest absolute Gasteiger partial charge is 0.444 e. The molecule has 252 valence electrons. The van der Waals surface area contributed by atoms with Gasteiger partial charge in [0.2, 0.25) is 0 Å². The van der Waals surface area contributed by atoms with Crippen LogP contribution < -0.4 is 10.6 Å². The number of H-pyrrole nitrogens is 1. The number of rotatable bonds is 7. The summed E-state index contributed by atoms with van der Waals surface area (Å²) in [7, 11) is 0. The lowest BCUT2D eigenvalue weighted by Crippen LogP contribution is -2.55. The minimum Gasteiger partial charge on any atom is -0.444 e. The number of halogens is 2. The summed E-state index contributed by atoms with van der Waals surface area (Å²) in [6, 6.07) is 8.62. The second-order valence-electron chi connectivity index (χ2n) is 13.5. The van der Waals surface area contributed by atoms with Crippen LogP contribution in [0.4, 0.5) is 15.0 Å². The summed E-state index contributed by atoms with van der Waals surface area (Å²) >= 11 is 2.35. The van der Waals surface area contributed by atoms with Gasteiger partial charge in [0, 0.05) is 42.8 Å². The van der Waals surface area contributed by atoms with E-state index >= 15 is 4.39 Å². The van der Waals surface area contributed by atoms with Crippen molar-refractivity contribution in [1.82, 2.24) is 34.6 Å². The molecular formula is C35H40FIN8O3. The number of anilines is 1. The average molecular weight is 767 g/mol. The maximum Gasteiger partial charge on any atom is 0.410 e. The minimum atomic E-state index is -0.627. The Bertz CT molecular complexity index is 2050. The Morgan fingerprint density at radius 1 is 1.19 bits per heavy atom. The molecule has 11 nitrogen and oxygen atoms in total. The van der Waals surface area contributed by atoms with Crippen LogP contribution in [-0.4, -0.2) is 76.4 Å². The standard InChI is InChI=1S/C35H40FIN8O3/c1-20(2)27-30(22(10-8-13-37)12-14-38-27)45-32-25(17-26(36)29(40-32)24-11-7-9-23-18-39-42-28(23)24)31(41-33(45)46)44-16-15-43(19-21(44)3)34(47)48-35(4,5)6/h7,9,11-12,14,17-18,20-21H,8,10,13,15-16,19H2,1-6H3,(H,39,42). The lowest BCUT2D eigenvalue weighted by molar-refractivity contribution is 0.0218. The van der Waals surface area contributed by atoms with Crippen molar-refractivity contribution >= 4 is 56.4 Å². The lowest BCUT2D eigenvalue weighted by Gasteiger charge is -2.41. The van der Waals surface area contributed by atoms with Crippen molar-refractivity contribution in [3.8, 4) is 16.9 Å². The third kappa shape index (κ3) is 6.48. The van der Waals surface area contributed by atoms with Crippen LogP contribution in [0.2, 0.25) is 0 Å². The number of benzene rings is 1. The highest BCUT2D eigenvalue weighted by Gasteiger charge is 2.33. The van der Waals surface area contributed by atoms with E-state index in [1.807, 2.05) is 64.6 Å². The van der Waals surface area contributed by atoms with E-state index < -0.39 is 23.2 Å². The molecular weight excluding hydrogens is 726 g/mol. The van der Waals surface area contributed by atoms with Gasteiger partial charge in [0.1, 0.15) is 22.9 Å². The fourth-order valence-corrected chi connectivity index (χ4v) is 6.68. The molecule has 13 heteroatoms. The number of carbonyl (C=O) groups excluding carboxylic acids is 1. The van der Waals surface area contributed by atoms with Gasteiger partial charge in [0.15, 0.2) is 5.65 Å². The van der Waals surface area contributed by atoms with E-state index in [2.05, 4.69) is 37.8 Å². The van der Waals surface area contributed by atoms with Crippen molar-refractivity contribution in [2.24, 2.45) is 0 Å². The van der Waals surface area contributed by atoms with Crippen molar-refractivity contribution in [3.05, 3.63) is 70.3 Å². The van der Waals surface area contributed by atoms with Crippen molar-refractivity contribution in [2.75, 3.05) is 29.0 Å². The molecule has 1 saturated heterocycles. The van der Waals surface area contributed by atoms with E-state index in [4.69, 9.17) is 14.7 Å². The number of nitrogens with one attached hydrogen (secondary N) is 1. The number of pyridine rings is 2. The zero-order valence-electron chi connectivity index (χ0n) is 28.0. The molecule has 1 N–H and O–H groups in total. The normalized spacial score (nSPS) is 15.6. The molecule has 1 aliphatic heterocycles. The molecule has 1 fully saturated rings. The number of piperazine rings is 1. The number of carbonyl (C=O) groups is 1. The highest BCUT2D eigenvalue weighted by molar-refractivity contribution is 14.1. The summed E-state index contributed by atoms with van der Waals surface area (Å²) in [5, 5.41) is 8.34. The average Bonchev–Trinajstić information content (AvgIpc) is 3.52. The van der Waals surface area contributed by atoms with Crippen molar-refractivity contribution in [2.45, 2.75) is 71.9 Å². The third-order valence-corrected chi connectivity index (χ3v) is 9.23. The summed E-state index contributed by atoms with van der Waals surface area (Å²) in [6.07, 6.45) is 4.69. The van der Waals surface area contributed by atoms with Gasteiger partial charge in [-0.05, 0) is 68.6 Å². The molecule has 1 aliphatic rings. The Morgan fingerprint density at radius 3 is 2.69 bits per heavy atom. The highest BCUT2D eigenvalue weighted by atomic mass is 127. The van der Waals surface area contributed by atoms with Crippen LogP contribution in [0.25, 0.3) is 38.9 Å². The molecule has 1 atom stereocenters. The Kier molecular flexibility index (Phi) is 9.42. The number of aromatic amines is 1. The SMILES string of the molecule is CC(C)c1nccc(CCCI)c1-n1c(=O)nc(N2CCN(C(=O)OC(C)(C)C)CC2C)c2cc(F)c(-c3cccc4cn[nH]c34)nc21. The lowest BCUT2D eigenvalue weighted by atomic mass is 10.0. The molecule has 1 unspecified atom stereocenters. The minimum absolute atomic E-state index is 0.0132. The molecule has 0 radical (unpaired) electrons. The second-order valence-corrected chi connectivity index (χ2v) is 14.6. The molecule has 0 spiro atoms. The van der Waals surface area contributed by atoms with Crippen molar-refractivity contribution < 1.29 is 13.9 Å². The van der Waals surface area contributed by atoms with Gasteiger partial charge in [-0.2, -0.15) is 10.1 Å². The summed E-state index contributed by atoms with van der Waals surface area (Å²) in [4.78, 5) is 45.2.